The van der Waals surface area contributed by atoms with Gasteiger partial charge in [-0.25, -0.2) is 0 Å². The number of nitrogens with two attached hydrogens (primary N) is 1. The molecular weight excluding hydrogens is 184 g/mol. The van der Waals surface area contributed by atoms with Crippen molar-refractivity contribution in [3.8, 4) is 0 Å². The van der Waals surface area contributed by atoms with Gasteiger partial charge in [-0.3, -0.25) is 9.69 Å². The standard InChI is InChI=1S/C9H18N2O3/c1-7-6-11(3-4-14-7)8(5-10)9(12)13-2/h7-8H,3-6,10H2,1-2H3. The lowest BCUT2D eigenvalue weighted by Gasteiger charge is -2.35. The fraction of sp³-hybridized carbons (Fsp3) is 0.889. The number of hydrogen-bond acceptors (Lipinski definition) is 5. The number of hydrogen-bond donors (Lipinski definition) is 1. The van der Waals surface area contributed by atoms with E-state index in [1.54, 1.807) is 0 Å². The summed E-state index contributed by atoms with van der Waals surface area (Å²) < 4.78 is 10.1. The van der Waals surface area contributed by atoms with E-state index in [9.17, 15) is 4.79 Å². The molecule has 0 aromatic rings. The molecule has 0 spiro atoms. The van der Waals surface area contributed by atoms with E-state index in [1.165, 1.54) is 7.11 Å². The Hall–Kier alpha value is -0.650. The summed E-state index contributed by atoms with van der Waals surface area (Å²) in [5.41, 5.74) is 5.54. The summed E-state index contributed by atoms with van der Waals surface area (Å²) in [5.74, 6) is -0.262. The second kappa shape index (κ2) is 5.29. The van der Waals surface area contributed by atoms with Gasteiger partial charge < -0.3 is 15.2 Å². The summed E-state index contributed by atoms with van der Waals surface area (Å²) in [4.78, 5) is 13.4. The lowest BCUT2D eigenvalue weighted by molar-refractivity contribution is -0.149. The summed E-state index contributed by atoms with van der Waals surface area (Å²) in [7, 11) is 1.38. The molecule has 5 nitrogen and oxygen atoms in total. The van der Waals surface area contributed by atoms with E-state index in [0.717, 1.165) is 13.1 Å². The zero-order valence-electron chi connectivity index (χ0n) is 8.73. The molecule has 1 rings (SSSR count). The SMILES string of the molecule is COC(=O)C(CN)N1CCOC(C)C1. The van der Waals surface area contributed by atoms with E-state index in [2.05, 4.69) is 0 Å². The number of carbonyl (C=O) groups excluding carboxylic acids is 1. The molecule has 1 aliphatic heterocycles. The van der Waals surface area contributed by atoms with Crippen LogP contribution in [0.1, 0.15) is 6.92 Å². The third-order valence-electron chi connectivity index (χ3n) is 2.41. The molecule has 0 saturated carbocycles. The van der Waals surface area contributed by atoms with Crippen molar-refractivity contribution in [1.82, 2.24) is 4.90 Å². The molecule has 82 valence electrons. The van der Waals surface area contributed by atoms with Crippen molar-refractivity contribution in [2.24, 2.45) is 5.73 Å². The molecule has 14 heavy (non-hydrogen) atoms. The second-order valence-electron chi connectivity index (χ2n) is 3.45. The molecule has 2 N–H and O–H groups in total. The quantitative estimate of drug-likeness (QED) is 0.607. The third kappa shape index (κ3) is 2.67. The van der Waals surface area contributed by atoms with Gasteiger partial charge in [0.2, 0.25) is 0 Å². The number of morpholine rings is 1. The molecule has 1 fully saturated rings. The van der Waals surface area contributed by atoms with Crippen LogP contribution in [-0.2, 0) is 14.3 Å². The minimum absolute atomic E-state index is 0.155. The maximum atomic E-state index is 11.4. The largest absolute Gasteiger partial charge is 0.468 e. The van der Waals surface area contributed by atoms with Crippen LogP contribution in [0, 0.1) is 0 Å². The zero-order valence-corrected chi connectivity index (χ0v) is 8.73. The van der Waals surface area contributed by atoms with Crippen molar-refractivity contribution in [3.63, 3.8) is 0 Å². The minimum atomic E-state index is -0.327. The Bertz CT molecular complexity index is 198. The van der Waals surface area contributed by atoms with Crippen LogP contribution in [0.4, 0.5) is 0 Å². The molecule has 2 unspecified atom stereocenters. The van der Waals surface area contributed by atoms with Crippen LogP contribution in [0.25, 0.3) is 0 Å². The van der Waals surface area contributed by atoms with Gasteiger partial charge in [0.1, 0.15) is 6.04 Å². The molecule has 0 bridgehead atoms. The molecule has 5 heteroatoms. The first kappa shape index (κ1) is 11.4. The predicted octanol–water partition coefficient (Wildman–Crippen LogP) is -0.793. The summed E-state index contributed by atoms with van der Waals surface area (Å²) >= 11 is 0. The minimum Gasteiger partial charge on any atom is -0.468 e. The van der Waals surface area contributed by atoms with Gasteiger partial charge in [-0.1, -0.05) is 0 Å². The molecule has 0 aromatic carbocycles. The number of methoxy groups -OCH3 is 1. The maximum Gasteiger partial charge on any atom is 0.324 e. The van der Waals surface area contributed by atoms with Crippen LogP contribution in [0.3, 0.4) is 0 Å². The molecule has 1 saturated heterocycles. The summed E-state index contributed by atoms with van der Waals surface area (Å²) in [6.07, 6.45) is 0.155. The van der Waals surface area contributed by atoms with E-state index >= 15 is 0 Å². The van der Waals surface area contributed by atoms with Crippen LogP contribution in [0.15, 0.2) is 0 Å². The Balaban J connectivity index is 2.54. The van der Waals surface area contributed by atoms with Crippen LogP contribution in [0.2, 0.25) is 0 Å². The van der Waals surface area contributed by atoms with Crippen LogP contribution in [0.5, 0.6) is 0 Å². The zero-order chi connectivity index (χ0) is 10.6. The fourth-order valence-corrected chi connectivity index (χ4v) is 1.66. The lowest BCUT2D eigenvalue weighted by atomic mass is 10.2. The topological polar surface area (TPSA) is 64.8 Å². The van der Waals surface area contributed by atoms with E-state index in [-0.39, 0.29) is 18.1 Å². The summed E-state index contributed by atoms with van der Waals surface area (Å²) in [5, 5.41) is 0. The Kier molecular flexibility index (Phi) is 4.31. The number of carbonyl (C=O) groups is 1. The van der Waals surface area contributed by atoms with E-state index in [4.69, 9.17) is 15.2 Å². The van der Waals surface area contributed by atoms with Gasteiger partial charge in [-0.2, -0.15) is 0 Å². The average Bonchev–Trinajstić information content (AvgIpc) is 2.19. The highest BCUT2D eigenvalue weighted by Gasteiger charge is 2.28. The normalized spacial score (nSPS) is 25.8. The molecule has 1 aliphatic rings. The van der Waals surface area contributed by atoms with Crippen LogP contribution < -0.4 is 5.73 Å². The van der Waals surface area contributed by atoms with Gasteiger partial charge >= 0.3 is 5.97 Å². The van der Waals surface area contributed by atoms with Crippen LogP contribution in [-0.4, -0.2) is 56.4 Å². The first-order chi connectivity index (χ1) is 6.69. The number of ether oxygens (including phenoxy) is 2. The Morgan fingerprint density at radius 2 is 2.50 bits per heavy atom. The molecular formula is C9H18N2O3. The lowest BCUT2D eigenvalue weighted by Crippen LogP contribution is -2.53. The average molecular weight is 202 g/mol. The molecule has 2 atom stereocenters. The Morgan fingerprint density at radius 1 is 1.79 bits per heavy atom. The number of rotatable bonds is 3. The van der Waals surface area contributed by atoms with E-state index < -0.39 is 0 Å². The molecule has 0 amide bonds. The van der Waals surface area contributed by atoms with Gasteiger partial charge in [0, 0.05) is 19.6 Å². The van der Waals surface area contributed by atoms with Crippen molar-refractivity contribution in [1.29, 1.82) is 0 Å². The Morgan fingerprint density at radius 3 is 3.00 bits per heavy atom. The van der Waals surface area contributed by atoms with E-state index in [1.807, 2.05) is 11.8 Å². The highest BCUT2D eigenvalue weighted by molar-refractivity contribution is 5.75. The van der Waals surface area contributed by atoms with Crippen molar-refractivity contribution in [2.75, 3.05) is 33.4 Å². The molecule has 0 aromatic heterocycles. The van der Waals surface area contributed by atoms with E-state index in [0.29, 0.717) is 13.2 Å². The first-order valence-electron chi connectivity index (χ1n) is 4.82. The van der Waals surface area contributed by atoms with Crippen molar-refractivity contribution < 1.29 is 14.3 Å². The summed E-state index contributed by atoms with van der Waals surface area (Å²) in [6.45, 7) is 4.39. The second-order valence-corrected chi connectivity index (χ2v) is 3.45. The third-order valence-corrected chi connectivity index (χ3v) is 2.41. The van der Waals surface area contributed by atoms with Crippen molar-refractivity contribution >= 4 is 5.97 Å². The predicted molar refractivity (Wildman–Crippen MR) is 51.8 cm³/mol. The Labute approximate surface area is 84.1 Å². The van der Waals surface area contributed by atoms with Crippen LogP contribution >= 0.6 is 0 Å². The fourth-order valence-electron chi connectivity index (χ4n) is 1.66. The van der Waals surface area contributed by atoms with Gasteiger partial charge in [-0.05, 0) is 6.92 Å². The van der Waals surface area contributed by atoms with Gasteiger partial charge in [0.05, 0.1) is 19.8 Å². The van der Waals surface area contributed by atoms with Crippen molar-refractivity contribution in [2.45, 2.75) is 19.1 Å². The number of nitrogens with zero attached hydrogens (tertiary/aromatic N) is 1. The van der Waals surface area contributed by atoms with Gasteiger partial charge in [0.25, 0.3) is 0 Å². The number of esters is 1. The maximum absolute atomic E-state index is 11.4. The van der Waals surface area contributed by atoms with Gasteiger partial charge in [0.15, 0.2) is 0 Å². The monoisotopic (exact) mass is 202 g/mol. The molecule has 0 aliphatic carbocycles. The first-order valence-corrected chi connectivity index (χ1v) is 4.82. The smallest absolute Gasteiger partial charge is 0.324 e. The van der Waals surface area contributed by atoms with Gasteiger partial charge in [-0.15, -0.1) is 0 Å². The summed E-state index contributed by atoms with van der Waals surface area (Å²) in [6, 6.07) is -0.327. The molecule has 0 radical (unpaired) electrons. The van der Waals surface area contributed by atoms with Crippen molar-refractivity contribution in [3.05, 3.63) is 0 Å². The highest BCUT2D eigenvalue weighted by Crippen LogP contribution is 2.09. The molecule has 1 heterocycles. The highest BCUT2D eigenvalue weighted by atomic mass is 16.5.